The molecule has 3 aliphatic rings. The van der Waals surface area contributed by atoms with Crippen molar-refractivity contribution in [2.75, 3.05) is 0 Å². The maximum atomic E-state index is 1.62. The summed E-state index contributed by atoms with van der Waals surface area (Å²) in [7, 11) is 0. The van der Waals surface area contributed by atoms with Crippen molar-refractivity contribution in [1.82, 2.24) is 0 Å². The minimum Gasteiger partial charge on any atom is -0.0499 e. The molecule has 0 aliphatic heterocycles. The maximum absolute atomic E-state index is 1.62. The monoisotopic (exact) mass is 122 g/mol. The zero-order valence-corrected chi connectivity index (χ0v) is 5.84. The average molecular weight is 122 g/mol. The topological polar surface area (TPSA) is 0 Å². The summed E-state index contributed by atoms with van der Waals surface area (Å²) in [4.78, 5) is 0. The van der Waals surface area contributed by atoms with Crippen LogP contribution in [0.1, 0.15) is 32.1 Å². The third-order valence-corrected chi connectivity index (χ3v) is 4.11. The van der Waals surface area contributed by atoms with Crippen LogP contribution in [0.3, 0.4) is 0 Å². The van der Waals surface area contributed by atoms with Gasteiger partial charge in [0.2, 0.25) is 0 Å². The lowest BCUT2D eigenvalue weighted by Gasteiger charge is -2.40. The molecule has 0 heterocycles. The predicted octanol–water partition coefficient (Wildman–Crippen LogP) is 2.44. The molecule has 3 aliphatic carbocycles. The Hall–Kier alpha value is 0. The first-order valence-corrected chi connectivity index (χ1v) is 4.45. The van der Waals surface area contributed by atoms with Gasteiger partial charge in [0.05, 0.1) is 0 Å². The van der Waals surface area contributed by atoms with Crippen molar-refractivity contribution >= 4 is 0 Å². The molecule has 0 heteroatoms. The molecule has 3 unspecified atom stereocenters. The van der Waals surface area contributed by atoms with E-state index in [1.54, 1.807) is 32.1 Å². The smallest absolute Gasteiger partial charge is 0.0355 e. The second-order valence-electron chi connectivity index (χ2n) is 4.24. The molecule has 3 rings (SSSR count). The third-order valence-electron chi connectivity index (χ3n) is 4.11. The van der Waals surface area contributed by atoms with Crippen molar-refractivity contribution in [2.45, 2.75) is 32.1 Å². The Morgan fingerprint density at radius 2 is 1.22 bits per heavy atom. The summed E-state index contributed by atoms with van der Waals surface area (Å²) >= 11 is 0. The van der Waals surface area contributed by atoms with E-state index in [-0.39, 0.29) is 0 Å². The summed E-state index contributed by atoms with van der Waals surface area (Å²) in [6.45, 7) is 0. The van der Waals surface area contributed by atoms with Gasteiger partial charge in [0.1, 0.15) is 0 Å². The van der Waals surface area contributed by atoms with Crippen LogP contribution in [0.15, 0.2) is 0 Å². The van der Waals surface area contributed by atoms with E-state index in [0.29, 0.717) is 0 Å². The third kappa shape index (κ3) is 0.426. The Labute approximate surface area is 56.6 Å². The van der Waals surface area contributed by atoms with Gasteiger partial charge in [-0.25, -0.2) is 0 Å². The number of fused-ring (bicyclic) bond motifs is 5. The van der Waals surface area contributed by atoms with Crippen molar-refractivity contribution in [1.29, 1.82) is 0 Å². The van der Waals surface area contributed by atoms with E-state index < -0.39 is 0 Å². The van der Waals surface area contributed by atoms with Crippen LogP contribution in [0.2, 0.25) is 0 Å². The highest BCUT2D eigenvalue weighted by Crippen LogP contribution is 2.60. The molecule has 3 saturated carbocycles. The molecule has 0 aromatic rings. The van der Waals surface area contributed by atoms with Crippen LogP contribution < -0.4 is 0 Å². The molecule has 0 aromatic carbocycles. The lowest BCUT2D eigenvalue weighted by molar-refractivity contribution is 0.103. The Bertz CT molecular complexity index is 119. The fourth-order valence-corrected chi connectivity index (χ4v) is 3.55. The van der Waals surface area contributed by atoms with E-state index in [1.807, 2.05) is 0 Å². The number of rotatable bonds is 0. The van der Waals surface area contributed by atoms with Gasteiger partial charge >= 0.3 is 0 Å². The predicted molar refractivity (Wildman–Crippen MR) is 37.0 cm³/mol. The molecule has 0 saturated heterocycles. The Morgan fingerprint density at radius 3 is 1.56 bits per heavy atom. The molecule has 0 radical (unpaired) electrons. The van der Waals surface area contributed by atoms with Crippen molar-refractivity contribution < 1.29 is 0 Å². The number of hydrogen-bond donors (Lipinski definition) is 0. The van der Waals surface area contributed by atoms with E-state index in [1.165, 1.54) is 23.7 Å². The highest BCUT2D eigenvalue weighted by atomic mass is 14.6. The van der Waals surface area contributed by atoms with E-state index in [2.05, 4.69) is 0 Å². The van der Waals surface area contributed by atoms with Gasteiger partial charge in [-0.1, -0.05) is 0 Å². The molecule has 2 bridgehead atoms. The van der Waals surface area contributed by atoms with E-state index >= 15 is 0 Å². The molecule has 4 atom stereocenters. The zero-order chi connectivity index (χ0) is 5.84. The second kappa shape index (κ2) is 1.36. The van der Waals surface area contributed by atoms with Crippen LogP contribution in [0, 0.1) is 23.7 Å². The quantitative estimate of drug-likeness (QED) is 0.463. The Kier molecular flexibility index (Phi) is 0.717. The van der Waals surface area contributed by atoms with Crippen LogP contribution in [0.25, 0.3) is 0 Å². The van der Waals surface area contributed by atoms with Gasteiger partial charge in [0.15, 0.2) is 0 Å². The number of hydrogen-bond acceptors (Lipinski definition) is 0. The van der Waals surface area contributed by atoms with Gasteiger partial charge in [-0.05, 0) is 55.8 Å². The largest absolute Gasteiger partial charge is 0.0499 e. The molecular formula is C9H14. The van der Waals surface area contributed by atoms with Crippen LogP contribution in [-0.4, -0.2) is 0 Å². The fourth-order valence-electron chi connectivity index (χ4n) is 3.55. The van der Waals surface area contributed by atoms with Gasteiger partial charge in [0, 0.05) is 0 Å². The van der Waals surface area contributed by atoms with Gasteiger partial charge in [-0.2, -0.15) is 0 Å². The first kappa shape index (κ1) is 4.76. The summed E-state index contributed by atoms with van der Waals surface area (Å²) in [6, 6.07) is 0. The van der Waals surface area contributed by atoms with Crippen molar-refractivity contribution in [3.63, 3.8) is 0 Å². The normalized spacial score (nSPS) is 61.3. The minimum absolute atomic E-state index is 1.20. The van der Waals surface area contributed by atoms with E-state index in [0.717, 1.165) is 0 Å². The van der Waals surface area contributed by atoms with E-state index in [9.17, 15) is 0 Å². The molecule has 3 fully saturated rings. The first-order chi connectivity index (χ1) is 4.45. The summed E-state index contributed by atoms with van der Waals surface area (Å²) < 4.78 is 0. The van der Waals surface area contributed by atoms with Gasteiger partial charge in [-0.15, -0.1) is 0 Å². The van der Waals surface area contributed by atoms with Gasteiger partial charge in [0.25, 0.3) is 0 Å². The van der Waals surface area contributed by atoms with Crippen molar-refractivity contribution in [2.24, 2.45) is 23.7 Å². The maximum Gasteiger partial charge on any atom is -0.0355 e. The van der Waals surface area contributed by atoms with Crippen LogP contribution in [0.4, 0.5) is 0 Å². The zero-order valence-electron chi connectivity index (χ0n) is 5.84. The Morgan fingerprint density at radius 1 is 0.667 bits per heavy atom. The summed E-state index contributed by atoms with van der Waals surface area (Å²) in [5, 5.41) is 0. The van der Waals surface area contributed by atoms with E-state index in [4.69, 9.17) is 0 Å². The fraction of sp³-hybridized carbons (Fsp3) is 1.00. The molecule has 0 amide bonds. The van der Waals surface area contributed by atoms with Gasteiger partial charge in [-0.3, -0.25) is 0 Å². The van der Waals surface area contributed by atoms with Crippen molar-refractivity contribution in [3.8, 4) is 0 Å². The molecule has 0 N–H and O–H groups in total. The molecule has 0 spiro atoms. The van der Waals surface area contributed by atoms with Crippen LogP contribution in [-0.2, 0) is 0 Å². The molecule has 0 nitrogen and oxygen atoms in total. The highest BCUT2D eigenvalue weighted by molar-refractivity contribution is 5.01. The van der Waals surface area contributed by atoms with Crippen molar-refractivity contribution in [3.05, 3.63) is 0 Å². The summed E-state index contributed by atoms with van der Waals surface area (Å²) in [5.41, 5.74) is 0. The lowest BCUT2D eigenvalue weighted by Crippen LogP contribution is -2.31. The van der Waals surface area contributed by atoms with Crippen LogP contribution in [0.5, 0.6) is 0 Å². The Balaban J connectivity index is 1.94. The highest BCUT2D eigenvalue weighted by Gasteiger charge is 2.51. The lowest BCUT2D eigenvalue weighted by atomic mass is 9.66. The first-order valence-electron chi connectivity index (χ1n) is 4.45. The SMILES string of the molecule is C1CC2CC1C1CC[C@@H]21. The summed E-state index contributed by atoms with van der Waals surface area (Å²) in [5.74, 6) is 4.86. The molecule has 50 valence electrons. The molecular weight excluding hydrogens is 108 g/mol. The average Bonchev–Trinajstić information content (AvgIpc) is 2.18. The standard InChI is InChI=1S/C9H14/c1-2-7-5-6(1)8-3-4-9(7)8/h6-9H,1-5H2/t6?,7?,8-,9?/m0/s1. The van der Waals surface area contributed by atoms with Gasteiger partial charge < -0.3 is 0 Å². The van der Waals surface area contributed by atoms with Crippen LogP contribution >= 0.6 is 0 Å². The molecule has 0 aromatic heterocycles. The molecule has 9 heavy (non-hydrogen) atoms. The second-order valence-corrected chi connectivity index (χ2v) is 4.24. The minimum atomic E-state index is 1.20. The summed E-state index contributed by atoms with van der Waals surface area (Å²) in [6.07, 6.45) is 7.98.